The molecule has 1 aromatic heterocycles. The highest BCUT2D eigenvalue weighted by molar-refractivity contribution is 5.81. The van der Waals surface area contributed by atoms with Gasteiger partial charge >= 0.3 is 5.69 Å². The lowest BCUT2D eigenvalue weighted by atomic mass is 10.2. The van der Waals surface area contributed by atoms with Gasteiger partial charge in [-0.3, -0.25) is 5.43 Å². The minimum atomic E-state index is -0.566. The molecular formula is C20H20FN5O3. The maximum absolute atomic E-state index is 13.8. The van der Waals surface area contributed by atoms with E-state index >= 15 is 0 Å². The molecule has 0 atom stereocenters. The molecule has 3 aromatic rings. The summed E-state index contributed by atoms with van der Waals surface area (Å²) in [5.41, 5.74) is 3.81. The number of anilines is 1. The average Bonchev–Trinajstić information content (AvgIpc) is 2.71. The van der Waals surface area contributed by atoms with Crippen LogP contribution in [0.5, 0.6) is 11.5 Å². The van der Waals surface area contributed by atoms with Crippen LogP contribution in [0.4, 0.5) is 10.2 Å². The second-order valence-electron chi connectivity index (χ2n) is 5.96. The standard InChI is InChI=1S/C20H20FN5O3/c1-3-28-18-10-14(11-22-25-19-13(2)24-26-20(27)23-19)8-9-17(18)29-12-15-6-4-5-7-16(15)21/h4-11H,3,12H2,1-2H3,(H2,23,25,26,27)/b22-11+. The largest absolute Gasteiger partial charge is 0.490 e. The summed E-state index contributed by atoms with van der Waals surface area (Å²) < 4.78 is 25.1. The molecule has 0 unspecified atom stereocenters. The zero-order chi connectivity index (χ0) is 20.6. The van der Waals surface area contributed by atoms with Crippen LogP contribution in [-0.2, 0) is 6.61 Å². The second-order valence-corrected chi connectivity index (χ2v) is 5.96. The van der Waals surface area contributed by atoms with Crippen LogP contribution in [0.25, 0.3) is 0 Å². The Morgan fingerprint density at radius 1 is 1.21 bits per heavy atom. The number of nitrogens with zero attached hydrogens (tertiary/aromatic N) is 3. The van der Waals surface area contributed by atoms with Crippen LogP contribution in [0.15, 0.2) is 52.4 Å². The van der Waals surface area contributed by atoms with Crippen molar-refractivity contribution in [3.05, 3.63) is 75.6 Å². The first-order valence-electron chi connectivity index (χ1n) is 8.92. The molecule has 29 heavy (non-hydrogen) atoms. The van der Waals surface area contributed by atoms with Gasteiger partial charge in [0.25, 0.3) is 0 Å². The van der Waals surface area contributed by atoms with Gasteiger partial charge in [0.1, 0.15) is 18.1 Å². The number of benzene rings is 2. The average molecular weight is 397 g/mol. The van der Waals surface area contributed by atoms with E-state index in [1.54, 1.807) is 49.5 Å². The Morgan fingerprint density at radius 3 is 2.83 bits per heavy atom. The predicted molar refractivity (Wildman–Crippen MR) is 107 cm³/mol. The molecule has 0 spiro atoms. The highest BCUT2D eigenvalue weighted by Gasteiger charge is 2.08. The van der Waals surface area contributed by atoms with E-state index in [-0.39, 0.29) is 18.2 Å². The van der Waals surface area contributed by atoms with E-state index in [9.17, 15) is 9.18 Å². The Hall–Kier alpha value is -3.75. The van der Waals surface area contributed by atoms with Gasteiger partial charge in [0.2, 0.25) is 0 Å². The second kappa shape index (κ2) is 9.45. The molecular weight excluding hydrogens is 377 g/mol. The maximum atomic E-state index is 13.8. The molecule has 8 nitrogen and oxygen atoms in total. The van der Waals surface area contributed by atoms with Gasteiger partial charge in [0.05, 0.1) is 12.8 Å². The van der Waals surface area contributed by atoms with Gasteiger partial charge in [-0.15, -0.1) is 0 Å². The molecule has 2 aromatic carbocycles. The van der Waals surface area contributed by atoms with Gasteiger partial charge in [-0.2, -0.15) is 15.2 Å². The number of hydrogen-bond donors (Lipinski definition) is 2. The summed E-state index contributed by atoms with van der Waals surface area (Å²) in [6.45, 7) is 4.08. The molecule has 0 bridgehead atoms. The summed E-state index contributed by atoms with van der Waals surface area (Å²) >= 11 is 0. The van der Waals surface area contributed by atoms with Gasteiger partial charge in [-0.05, 0) is 43.7 Å². The minimum absolute atomic E-state index is 0.0856. The fourth-order valence-corrected chi connectivity index (χ4v) is 2.43. The third-order valence-corrected chi connectivity index (χ3v) is 3.87. The van der Waals surface area contributed by atoms with E-state index in [2.05, 4.69) is 25.7 Å². The first-order chi connectivity index (χ1) is 14.1. The normalized spacial score (nSPS) is 10.9. The molecule has 0 radical (unpaired) electrons. The van der Waals surface area contributed by atoms with Crippen LogP contribution >= 0.6 is 0 Å². The molecule has 0 amide bonds. The monoisotopic (exact) mass is 397 g/mol. The SMILES string of the molecule is CCOc1cc(/C=N/Nc2nc(=O)[nH]nc2C)ccc1OCc1ccccc1F. The molecule has 9 heteroatoms. The molecule has 0 saturated heterocycles. The summed E-state index contributed by atoms with van der Waals surface area (Å²) in [5.74, 6) is 0.953. The van der Waals surface area contributed by atoms with Crippen LogP contribution in [0.2, 0.25) is 0 Å². The van der Waals surface area contributed by atoms with Crippen molar-refractivity contribution < 1.29 is 13.9 Å². The van der Waals surface area contributed by atoms with Crippen molar-refractivity contribution in [3.63, 3.8) is 0 Å². The third-order valence-electron chi connectivity index (χ3n) is 3.87. The van der Waals surface area contributed by atoms with Gasteiger partial charge in [-0.25, -0.2) is 14.3 Å². The number of H-pyrrole nitrogens is 1. The minimum Gasteiger partial charge on any atom is -0.490 e. The van der Waals surface area contributed by atoms with Gasteiger partial charge in [0.15, 0.2) is 17.3 Å². The lowest BCUT2D eigenvalue weighted by molar-refractivity contribution is 0.266. The van der Waals surface area contributed by atoms with Crippen molar-refractivity contribution >= 4 is 12.0 Å². The van der Waals surface area contributed by atoms with Gasteiger partial charge < -0.3 is 9.47 Å². The first kappa shape index (κ1) is 20.0. The van der Waals surface area contributed by atoms with E-state index < -0.39 is 5.69 Å². The Morgan fingerprint density at radius 2 is 2.03 bits per heavy atom. The fraction of sp³-hybridized carbons (Fsp3) is 0.200. The Balaban J connectivity index is 1.72. The molecule has 150 valence electrons. The third kappa shape index (κ3) is 5.38. The summed E-state index contributed by atoms with van der Waals surface area (Å²) in [6, 6.07) is 11.7. The van der Waals surface area contributed by atoms with Crippen molar-refractivity contribution in [3.8, 4) is 11.5 Å². The summed E-state index contributed by atoms with van der Waals surface area (Å²) in [4.78, 5) is 15.0. The van der Waals surface area contributed by atoms with E-state index in [1.807, 2.05) is 6.92 Å². The van der Waals surface area contributed by atoms with Gasteiger partial charge in [0, 0.05) is 5.56 Å². The lowest BCUT2D eigenvalue weighted by Crippen LogP contribution is -2.15. The smallest absolute Gasteiger partial charge is 0.363 e. The van der Waals surface area contributed by atoms with Crippen LogP contribution in [-0.4, -0.2) is 28.0 Å². The maximum Gasteiger partial charge on any atom is 0.363 e. The molecule has 0 aliphatic rings. The van der Waals surface area contributed by atoms with E-state index in [1.165, 1.54) is 6.07 Å². The molecule has 0 aliphatic heterocycles. The fourth-order valence-electron chi connectivity index (χ4n) is 2.43. The zero-order valence-corrected chi connectivity index (χ0v) is 16.0. The van der Waals surface area contributed by atoms with E-state index in [0.29, 0.717) is 29.4 Å². The number of aryl methyl sites for hydroxylation is 1. The topological polar surface area (TPSA) is 101 Å². The molecule has 3 rings (SSSR count). The highest BCUT2D eigenvalue weighted by Crippen LogP contribution is 2.29. The number of rotatable bonds is 8. The zero-order valence-electron chi connectivity index (χ0n) is 16.0. The quantitative estimate of drug-likeness (QED) is 0.448. The summed E-state index contributed by atoms with van der Waals surface area (Å²) in [5, 5.41) is 10.1. The first-order valence-corrected chi connectivity index (χ1v) is 8.92. The molecule has 2 N–H and O–H groups in total. The number of hydrogen-bond acceptors (Lipinski definition) is 7. The van der Waals surface area contributed by atoms with Crippen LogP contribution in [0.1, 0.15) is 23.7 Å². The number of nitrogens with one attached hydrogen (secondary N) is 2. The molecule has 1 heterocycles. The summed E-state index contributed by atoms with van der Waals surface area (Å²) in [7, 11) is 0. The Bertz CT molecular complexity index is 1070. The van der Waals surface area contributed by atoms with Crippen molar-refractivity contribution in [2.45, 2.75) is 20.5 Å². The van der Waals surface area contributed by atoms with Crippen molar-refractivity contribution in [2.75, 3.05) is 12.0 Å². The molecule has 0 aliphatic carbocycles. The number of halogens is 1. The number of ether oxygens (including phenoxy) is 2. The number of hydrazone groups is 1. The van der Waals surface area contributed by atoms with Crippen molar-refractivity contribution in [2.24, 2.45) is 5.10 Å². The van der Waals surface area contributed by atoms with Crippen molar-refractivity contribution in [1.29, 1.82) is 0 Å². The van der Waals surface area contributed by atoms with Crippen LogP contribution in [0.3, 0.4) is 0 Å². The molecule has 0 saturated carbocycles. The Labute approximate surface area is 166 Å². The molecule has 0 fully saturated rings. The van der Waals surface area contributed by atoms with Crippen molar-refractivity contribution in [1.82, 2.24) is 15.2 Å². The Kier molecular flexibility index (Phi) is 6.51. The highest BCUT2D eigenvalue weighted by atomic mass is 19.1. The lowest BCUT2D eigenvalue weighted by Gasteiger charge is -2.13. The van der Waals surface area contributed by atoms with Crippen LogP contribution < -0.4 is 20.6 Å². The number of aromatic amines is 1. The number of aromatic nitrogens is 3. The van der Waals surface area contributed by atoms with Crippen LogP contribution in [0, 0.1) is 12.7 Å². The van der Waals surface area contributed by atoms with E-state index in [0.717, 1.165) is 5.56 Å². The van der Waals surface area contributed by atoms with Gasteiger partial charge in [-0.1, -0.05) is 18.2 Å². The van der Waals surface area contributed by atoms with E-state index in [4.69, 9.17) is 9.47 Å². The summed E-state index contributed by atoms with van der Waals surface area (Å²) in [6.07, 6.45) is 1.55. The predicted octanol–water partition coefficient (Wildman–Crippen LogP) is 3.04.